The van der Waals surface area contributed by atoms with E-state index in [2.05, 4.69) is 21.2 Å². The molecule has 0 unspecified atom stereocenters. The first-order valence-corrected chi connectivity index (χ1v) is 5.73. The number of anilines is 1. The Hall–Kier alpha value is -0.800. The van der Waals surface area contributed by atoms with Crippen LogP contribution in [0, 0.1) is 0 Å². The fourth-order valence-electron chi connectivity index (χ4n) is 0.996. The zero-order valence-corrected chi connectivity index (χ0v) is 10.6. The molecule has 1 rings (SSSR count). The number of amides is 1. The molecule has 0 fully saturated rings. The molecule has 0 radical (unpaired) electrons. The molecule has 1 amide bonds. The number of hydrogen-bond acceptors (Lipinski definition) is 1. The largest absolute Gasteiger partial charge is 0.322 e. The third-order valence-electron chi connectivity index (χ3n) is 1.70. The van der Waals surface area contributed by atoms with E-state index in [1.807, 2.05) is 13.0 Å². The van der Waals surface area contributed by atoms with Crippen LogP contribution >= 0.6 is 27.5 Å². The molecule has 2 nitrogen and oxygen atoms in total. The van der Waals surface area contributed by atoms with Crippen molar-refractivity contribution in [2.24, 2.45) is 0 Å². The molecule has 4 heteroatoms. The minimum Gasteiger partial charge on any atom is -0.322 e. The van der Waals surface area contributed by atoms with Gasteiger partial charge in [-0.1, -0.05) is 24.6 Å². The number of carbonyl (C=O) groups is 1. The van der Waals surface area contributed by atoms with Crippen molar-refractivity contribution in [2.75, 3.05) is 5.32 Å². The molecule has 0 heterocycles. The van der Waals surface area contributed by atoms with E-state index in [0.717, 1.165) is 12.1 Å². The van der Waals surface area contributed by atoms with E-state index in [1.54, 1.807) is 24.3 Å². The highest BCUT2D eigenvalue weighted by atomic mass is 79.9. The molecule has 80 valence electrons. The Balaban J connectivity index is 2.66. The first kappa shape index (κ1) is 12.3. The summed E-state index contributed by atoms with van der Waals surface area (Å²) in [7, 11) is 0. The third kappa shape index (κ3) is 4.06. The van der Waals surface area contributed by atoms with E-state index in [0.29, 0.717) is 9.51 Å². The van der Waals surface area contributed by atoms with Crippen molar-refractivity contribution in [3.05, 3.63) is 39.8 Å². The summed E-state index contributed by atoms with van der Waals surface area (Å²) in [5.41, 5.74) is 0.728. The summed E-state index contributed by atoms with van der Waals surface area (Å²) in [6.07, 6.45) is 2.62. The van der Waals surface area contributed by atoms with Crippen LogP contribution in [0.15, 0.2) is 34.8 Å². The van der Waals surface area contributed by atoms with Crippen LogP contribution in [0.4, 0.5) is 5.69 Å². The molecule has 0 aliphatic carbocycles. The Morgan fingerprint density at radius 3 is 2.60 bits per heavy atom. The van der Waals surface area contributed by atoms with E-state index in [4.69, 9.17) is 11.6 Å². The lowest BCUT2D eigenvalue weighted by Gasteiger charge is -2.03. The van der Waals surface area contributed by atoms with Crippen LogP contribution < -0.4 is 5.32 Å². The van der Waals surface area contributed by atoms with E-state index in [-0.39, 0.29) is 5.91 Å². The molecule has 0 aromatic heterocycles. The van der Waals surface area contributed by atoms with Gasteiger partial charge in [0.1, 0.15) is 0 Å². The standard InChI is InChI=1S/C11H11BrClNO/c1-2-3-10(12)11(15)14-9-6-4-8(13)5-7-9/h3-7H,2H2,1H3,(H,14,15). The summed E-state index contributed by atoms with van der Waals surface area (Å²) in [5.74, 6) is -0.154. The van der Waals surface area contributed by atoms with E-state index in [1.165, 1.54) is 0 Å². The smallest absolute Gasteiger partial charge is 0.262 e. The maximum Gasteiger partial charge on any atom is 0.262 e. The minimum absolute atomic E-state index is 0.154. The molecule has 15 heavy (non-hydrogen) atoms. The SMILES string of the molecule is CCC=C(Br)C(=O)Nc1ccc(Cl)cc1. The summed E-state index contributed by atoms with van der Waals surface area (Å²) >= 11 is 8.93. The number of rotatable bonds is 3. The molecule has 0 aliphatic heterocycles. The zero-order valence-electron chi connectivity index (χ0n) is 8.26. The van der Waals surface area contributed by atoms with Gasteiger partial charge in [0.2, 0.25) is 0 Å². The Bertz CT molecular complexity index is 373. The highest BCUT2D eigenvalue weighted by molar-refractivity contribution is 9.12. The minimum atomic E-state index is -0.154. The molecule has 1 N–H and O–H groups in total. The van der Waals surface area contributed by atoms with Gasteiger partial charge in [-0.3, -0.25) is 4.79 Å². The average molecular weight is 289 g/mol. The van der Waals surface area contributed by atoms with Crippen LogP contribution in [0.25, 0.3) is 0 Å². The number of hydrogen-bond donors (Lipinski definition) is 1. The molecule has 1 aromatic carbocycles. The van der Waals surface area contributed by atoms with Crippen LogP contribution in [0.2, 0.25) is 5.02 Å². The van der Waals surface area contributed by atoms with Gasteiger partial charge in [-0.15, -0.1) is 0 Å². The van der Waals surface area contributed by atoms with Crippen LogP contribution in [-0.4, -0.2) is 5.91 Å². The van der Waals surface area contributed by atoms with Crippen LogP contribution in [0.5, 0.6) is 0 Å². The maximum absolute atomic E-state index is 11.5. The van der Waals surface area contributed by atoms with Gasteiger partial charge in [-0.25, -0.2) is 0 Å². The normalized spacial score (nSPS) is 11.3. The second-order valence-electron chi connectivity index (χ2n) is 2.92. The predicted molar refractivity (Wildman–Crippen MR) is 67.4 cm³/mol. The van der Waals surface area contributed by atoms with Crippen molar-refractivity contribution in [1.82, 2.24) is 0 Å². The monoisotopic (exact) mass is 287 g/mol. The quantitative estimate of drug-likeness (QED) is 0.838. The van der Waals surface area contributed by atoms with Crippen LogP contribution in [-0.2, 0) is 4.79 Å². The van der Waals surface area contributed by atoms with Crippen molar-refractivity contribution in [1.29, 1.82) is 0 Å². The summed E-state index contributed by atoms with van der Waals surface area (Å²) in [6.45, 7) is 1.97. The van der Waals surface area contributed by atoms with Gasteiger partial charge >= 0.3 is 0 Å². The molecule has 0 saturated carbocycles. The van der Waals surface area contributed by atoms with Gasteiger partial charge in [-0.05, 0) is 46.6 Å². The Labute approximate surface area is 102 Å². The van der Waals surface area contributed by atoms with Crippen molar-refractivity contribution < 1.29 is 4.79 Å². The topological polar surface area (TPSA) is 29.1 Å². The van der Waals surface area contributed by atoms with Crippen molar-refractivity contribution >= 4 is 39.1 Å². The fraction of sp³-hybridized carbons (Fsp3) is 0.182. The molecule has 0 saturated heterocycles. The Kier molecular flexibility index (Phi) is 4.85. The lowest BCUT2D eigenvalue weighted by molar-refractivity contribution is -0.112. The van der Waals surface area contributed by atoms with Crippen molar-refractivity contribution in [2.45, 2.75) is 13.3 Å². The molecular formula is C11H11BrClNO. The van der Waals surface area contributed by atoms with Crippen LogP contribution in [0.3, 0.4) is 0 Å². The van der Waals surface area contributed by atoms with E-state index in [9.17, 15) is 4.79 Å². The van der Waals surface area contributed by atoms with E-state index < -0.39 is 0 Å². The summed E-state index contributed by atoms with van der Waals surface area (Å²) in [5, 5.41) is 3.39. The highest BCUT2D eigenvalue weighted by Crippen LogP contribution is 2.15. The Morgan fingerprint density at radius 1 is 1.47 bits per heavy atom. The second-order valence-corrected chi connectivity index (χ2v) is 4.21. The van der Waals surface area contributed by atoms with Gasteiger partial charge in [0.25, 0.3) is 5.91 Å². The van der Waals surface area contributed by atoms with Crippen molar-refractivity contribution in [3.63, 3.8) is 0 Å². The Morgan fingerprint density at radius 2 is 2.07 bits per heavy atom. The lowest BCUT2D eigenvalue weighted by atomic mass is 10.3. The fourth-order valence-corrected chi connectivity index (χ4v) is 1.54. The summed E-state index contributed by atoms with van der Waals surface area (Å²) in [6, 6.07) is 6.97. The molecule has 0 spiro atoms. The molecule has 1 aromatic rings. The van der Waals surface area contributed by atoms with Crippen molar-refractivity contribution in [3.8, 4) is 0 Å². The molecule has 0 atom stereocenters. The summed E-state index contributed by atoms with van der Waals surface area (Å²) in [4.78, 5) is 11.5. The second kappa shape index (κ2) is 5.93. The molecule has 0 bridgehead atoms. The van der Waals surface area contributed by atoms with Crippen LogP contribution in [0.1, 0.15) is 13.3 Å². The summed E-state index contributed by atoms with van der Waals surface area (Å²) < 4.78 is 0.542. The number of allylic oxidation sites excluding steroid dienone is 1. The van der Waals surface area contributed by atoms with Gasteiger partial charge in [0.15, 0.2) is 0 Å². The van der Waals surface area contributed by atoms with E-state index >= 15 is 0 Å². The van der Waals surface area contributed by atoms with Gasteiger partial charge in [-0.2, -0.15) is 0 Å². The van der Waals surface area contributed by atoms with Gasteiger partial charge in [0, 0.05) is 10.7 Å². The number of carbonyl (C=O) groups excluding carboxylic acids is 1. The number of halogens is 2. The highest BCUT2D eigenvalue weighted by Gasteiger charge is 2.05. The zero-order chi connectivity index (χ0) is 11.3. The molecular weight excluding hydrogens is 277 g/mol. The molecule has 0 aliphatic rings. The lowest BCUT2D eigenvalue weighted by Crippen LogP contribution is -2.10. The van der Waals surface area contributed by atoms with Gasteiger partial charge < -0.3 is 5.32 Å². The number of benzene rings is 1. The third-order valence-corrected chi connectivity index (χ3v) is 2.64. The number of nitrogens with one attached hydrogen (secondary N) is 1. The maximum atomic E-state index is 11.5. The first-order valence-electron chi connectivity index (χ1n) is 4.56. The first-order chi connectivity index (χ1) is 7.13. The predicted octanol–water partition coefficient (Wildman–Crippen LogP) is 3.97. The van der Waals surface area contributed by atoms with Gasteiger partial charge in [0.05, 0.1) is 4.48 Å². The average Bonchev–Trinajstić information content (AvgIpc) is 2.22.